The molecule has 6 nitrogen and oxygen atoms in total. The van der Waals surface area contributed by atoms with Crippen molar-refractivity contribution in [3.63, 3.8) is 0 Å². The van der Waals surface area contributed by atoms with Gasteiger partial charge in [-0.2, -0.15) is 0 Å². The number of hydrogen-bond donors (Lipinski definition) is 0. The van der Waals surface area contributed by atoms with E-state index in [2.05, 4.69) is 15.9 Å². The molecular formula is C21H23BrN2O4. The first kappa shape index (κ1) is 20.2. The van der Waals surface area contributed by atoms with E-state index in [4.69, 9.17) is 9.47 Å². The Kier molecular flexibility index (Phi) is 6.57. The highest BCUT2D eigenvalue weighted by molar-refractivity contribution is 9.10. The van der Waals surface area contributed by atoms with Crippen molar-refractivity contribution in [2.45, 2.75) is 6.42 Å². The molecule has 0 aliphatic carbocycles. The van der Waals surface area contributed by atoms with Crippen LogP contribution in [0, 0.1) is 0 Å². The Bertz CT molecular complexity index is 846. The minimum absolute atomic E-state index is 0.000472. The number of benzene rings is 2. The third-order valence-electron chi connectivity index (χ3n) is 4.81. The van der Waals surface area contributed by atoms with Gasteiger partial charge in [-0.15, -0.1) is 0 Å². The molecule has 0 atom stereocenters. The largest absolute Gasteiger partial charge is 0.493 e. The summed E-state index contributed by atoms with van der Waals surface area (Å²) in [4.78, 5) is 28.8. The number of carbonyl (C=O) groups is 2. The molecule has 2 amide bonds. The topological polar surface area (TPSA) is 59.1 Å². The van der Waals surface area contributed by atoms with Gasteiger partial charge in [-0.05, 0) is 42.0 Å². The highest BCUT2D eigenvalue weighted by atomic mass is 79.9. The second-order valence-corrected chi connectivity index (χ2v) is 7.46. The lowest BCUT2D eigenvalue weighted by Gasteiger charge is -2.35. The predicted octanol–water partition coefficient (Wildman–Crippen LogP) is 2.99. The van der Waals surface area contributed by atoms with Gasteiger partial charge in [0, 0.05) is 36.2 Å². The van der Waals surface area contributed by atoms with Gasteiger partial charge in [0.25, 0.3) is 5.91 Å². The lowest BCUT2D eigenvalue weighted by molar-refractivity contribution is -0.131. The third kappa shape index (κ3) is 4.65. The number of nitrogens with zero attached hydrogens (tertiary/aromatic N) is 2. The first-order valence-electron chi connectivity index (χ1n) is 9.05. The molecule has 0 N–H and O–H groups in total. The average Bonchev–Trinajstić information content (AvgIpc) is 2.73. The fourth-order valence-corrected chi connectivity index (χ4v) is 3.48. The zero-order chi connectivity index (χ0) is 20.1. The predicted molar refractivity (Wildman–Crippen MR) is 110 cm³/mol. The zero-order valence-corrected chi connectivity index (χ0v) is 17.6. The third-order valence-corrected chi connectivity index (χ3v) is 5.34. The van der Waals surface area contributed by atoms with E-state index in [0.717, 1.165) is 10.0 Å². The average molecular weight is 447 g/mol. The van der Waals surface area contributed by atoms with E-state index in [1.54, 1.807) is 37.3 Å². The summed E-state index contributed by atoms with van der Waals surface area (Å²) in [6, 6.07) is 12.8. The molecule has 7 heteroatoms. The molecule has 0 bridgehead atoms. The van der Waals surface area contributed by atoms with Gasteiger partial charge < -0.3 is 19.3 Å². The summed E-state index contributed by atoms with van der Waals surface area (Å²) in [6.07, 6.45) is 0.293. The van der Waals surface area contributed by atoms with Crippen LogP contribution >= 0.6 is 15.9 Å². The second-order valence-electron chi connectivity index (χ2n) is 6.55. The molecule has 1 aliphatic rings. The maximum atomic E-state index is 12.7. The Morgan fingerprint density at radius 1 is 0.893 bits per heavy atom. The SMILES string of the molecule is COc1ccc(CC(=O)N2CCN(C(=O)c3ccc(Br)cc3)CC2)cc1OC. The van der Waals surface area contributed by atoms with Crippen LogP contribution in [0.15, 0.2) is 46.9 Å². The van der Waals surface area contributed by atoms with E-state index in [-0.39, 0.29) is 11.8 Å². The van der Waals surface area contributed by atoms with Crippen molar-refractivity contribution in [2.75, 3.05) is 40.4 Å². The Labute approximate surface area is 173 Å². The number of hydrogen-bond acceptors (Lipinski definition) is 4. The van der Waals surface area contributed by atoms with Crippen LogP contribution in [0.25, 0.3) is 0 Å². The van der Waals surface area contributed by atoms with Crippen LogP contribution < -0.4 is 9.47 Å². The Morgan fingerprint density at radius 2 is 1.50 bits per heavy atom. The van der Waals surface area contributed by atoms with Gasteiger partial charge in [0.1, 0.15) is 0 Å². The van der Waals surface area contributed by atoms with E-state index in [9.17, 15) is 9.59 Å². The maximum Gasteiger partial charge on any atom is 0.253 e. The molecule has 1 heterocycles. The first-order valence-corrected chi connectivity index (χ1v) is 9.84. The summed E-state index contributed by atoms with van der Waals surface area (Å²) >= 11 is 3.37. The van der Waals surface area contributed by atoms with E-state index in [1.807, 2.05) is 29.2 Å². The van der Waals surface area contributed by atoms with E-state index < -0.39 is 0 Å². The smallest absolute Gasteiger partial charge is 0.253 e. The minimum atomic E-state index is -0.000472. The van der Waals surface area contributed by atoms with Crippen molar-refractivity contribution in [1.82, 2.24) is 9.80 Å². The molecule has 0 saturated carbocycles. The second kappa shape index (κ2) is 9.10. The van der Waals surface area contributed by atoms with E-state index >= 15 is 0 Å². The normalized spacial score (nSPS) is 14.0. The van der Waals surface area contributed by atoms with E-state index in [0.29, 0.717) is 49.7 Å². The minimum Gasteiger partial charge on any atom is -0.493 e. The summed E-state index contributed by atoms with van der Waals surface area (Å²) in [5.74, 6) is 1.29. The standard InChI is InChI=1S/C21H23BrN2O4/c1-27-18-8-3-15(13-19(18)28-2)14-20(25)23-9-11-24(12-10-23)21(26)16-4-6-17(22)7-5-16/h3-8,13H,9-12,14H2,1-2H3. The fraction of sp³-hybridized carbons (Fsp3) is 0.333. The Balaban J connectivity index is 1.56. The maximum absolute atomic E-state index is 12.7. The molecule has 0 aromatic heterocycles. The van der Waals surface area contributed by atoms with Crippen LogP contribution in [0.3, 0.4) is 0 Å². The molecular weight excluding hydrogens is 424 g/mol. The van der Waals surface area contributed by atoms with Crippen LogP contribution in [0.1, 0.15) is 15.9 Å². The number of amides is 2. The van der Waals surface area contributed by atoms with Crippen molar-refractivity contribution in [3.05, 3.63) is 58.1 Å². The quantitative estimate of drug-likeness (QED) is 0.708. The summed E-state index contributed by atoms with van der Waals surface area (Å²) < 4.78 is 11.5. The van der Waals surface area contributed by atoms with Gasteiger partial charge in [-0.25, -0.2) is 0 Å². The van der Waals surface area contributed by atoms with Gasteiger partial charge in [0.2, 0.25) is 5.91 Å². The van der Waals surface area contributed by atoms with Crippen molar-refractivity contribution in [1.29, 1.82) is 0 Å². The highest BCUT2D eigenvalue weighted by Gasteiger charge is 2.25. The van der Waals surface area contributed by atoms with Gasteiger partial charge in [0.05, 0.1) is 20.6 Å². The molecule has 1 aliphatic heterocycles. The number of rotatable bonds is 5. The van der Waals surface area contributed by atoms with Gasteiger partial charge in [-0.3, -0.25) is 9.59 Å². The highest BCUT2D eigenvalue weighted by Crippen LogP contribution is 2.28. The Morgan fingerprint density at radius 3 is 2.11 bits per heavy atom. The van der Waals surface area contributed by atoms with Crippen molar-refractivity contribution >= 4 is 27.7 Å². The number of ether oxygens (including phenoxy) is 2. The lowest BCUT2D eigenvalue weighted by atomic mass is 10.1. The van der Waals surface area contributed by atoms with Crippen molar-refractivity contribution in [3.8, 4) is 11.5 Å². The molecule has 2 aromatic rings. The van der Waals surface area contributed by atoms with Gasteiger partial charge in [0.15, 0.2) is 11.5 Å². The molecule has 1 saturated heterocycles. The van der Waals surface area contributed by atoms with Crippen molar-refractivity contribution in [2.24, 2.45) is 0 Å². The van der Waals surface area contributed by atoms with Crippen LogP contribution in [0.4, 0.5) is 0 Å². The number of carbonyl (C=O) groups excluding carboxylic acids is 2. The van der Waals surface area contributed by atoms with Crippen LogP contribution in [0.2, 0.25) is 0 Å². The molecule has 0 unspecified atom stereocenters. The lowest BCUT2D eigenvalue weighted by Crippen LogP contribution is -2.51. The monoisotopic (exact) mass is 446 g/mol. The fourth-order valence-electron chi connectivity index (χ4n) is 3.21. The summed E-state index contributed by atoms with van der Waals surface area (Å²) in [7, 11) is 3.16. The molecule has 3 rings (SSSR count). The molecule has 148 valence electrons. The Hall–Kier alpha value is -2.54. The number of piperazine rings is 1. The summed E-state index contributed by atoms with van der Waals surface area (Å²) in [6.45, 7) is 2.14. The van der Waals surface area contributed by atoms with Crippen LogP contribution in [-0.2, 0) is 11.2 Å². The molecule has 0 radical (unpaired) electrons. The molecule has 2 aromatic carbocycles. The number of halogens is 1. The van der Waals surface area contributed by atoms with Crippen molar-refractivity contribution < 1.29 is 19.1 Å². The zero-order valence-electron chi connectivity index (χ0n) is 16.0. The van der Waals surface area contributed by atoms with E-state index in [1.165, 1.54) is 0 Å². The summed E-state index contributed by atoms with van der Waals surface area (Å²) in [5.41, 5.74) is 1.53. The summed E-state index contributed by atoms with van der Waals surface area (Å²) in [5, 5.41) is 0. The van der Waals surface area contributed by atoms with Gasteiger partial charge in [-0.1, -0.05) is 22.0 Å². The van der Waals surface area contributed by atoms with Crippen LogP contribution in [0.5, 0.6) is 11.5 Å². The number of methoxy groups -OCH3 is 2. The van der Waals surface area contributed by atoms with Crippen LogP contribution in [-0.4, -0.2) is 62.0 Å². The molecule has 0 spiro atoms. The first-order chi connectivity index (χ1) is 13.5. The molecule has 28 heavy (non-hydrogen) atoms. The molecule has 1 fully saturated rings. The van der Waals surface area contributed by atoms with Gasteiger partial charge >= 0.3 is 0 Å².